The molecular formula is C73H116O6. The molecule has 0 aromatic rings. The van der Waals surface area contributed by atoms with E-state index in [4.69, 9.17) is 14.2 Å². The minimum Gasteiger partial charge on any atom is -0.462 e. The summed E-state index contributed by atoms with van der Waals surface area (Å²) >= 11 is 0. The standard InChI is InChI=1S/C73H116O6/c1-4-7-10-13-16-19-22-25-27-29-31-33-34-35-36-37-38-40-41-43-45-48-51-54-57-60-63-66-72(75)78-69-70(68-77-71(74)65-62-59-56-53-50-47-24-21-18-15-12-9-6-3)79-73(76)67-64-61-58-55-52-49-46-44-42-39-32-30-28-26-23-20-17-14-11-8-5-2/h7-8,10-12,15-17,19-21,24-28,31-33,35-36,38-40,43,45,70H,4-6,9,13-14,18,22-23,29-30,34,37,41-42,44,46-69H2,1-3H3/b10-7-,11-8-,15-12-,19-16-,20-17-,24-21-,27-25-,28-26-,33-31-,36-35-,39-32-,40-38-,45-43-. The smallest absolute Gasteiger partial charge is 0.306 e. The molecule has 0 aliphatic rings. The largest absolute Gasteiger partial charge is 0.462 e. The van der Waals surface area contributed by atoms with Crippen LogP contribution in [0.3, 0.4) is 0 Å². The van der Waals surface area contributed by atoms with Gasteiger partial charge in [0.15, 0.2) is 6.10 Å². The number of esters is 3. The summed E-state index contributed by atoms with van der Waals surface area (Å²) in [5, 5.41) is 0. The first kappa shape index (κ1) is 74.0. The fourth-order valence-corrected chi connectivity index (χ4v) is 8.27. The van der Waals surface area contributed by atoms with E-state index < -0.39 is 6.10 Å². The van der Waals surface area contributed by atoms with E-state index in [1.54, 1.807) is 0 Å². The highest BCUT2D eigenvalue weighted by Gasteiger charge is 2.19. The van der Waals surface area contributed by atoms with Gasteiger partial charge in [-0.15, -0.1) is 0 Å². The molecule has 444 valence electrons. The molecule has 0 rings (SSSR count). The monoisotopic (exact) mass is 1090 g/mol. The van der Waals surface area contributed by atoms with Gasteiger partial charge in [0, 0.05) is 19.3 Å². The maximum atomic E-state index is 12.9. The van der Waals surface area contributed by atoms with Crippen molar-refractivity contribution < 1.29 is 28.6 Å². The highest BCUT2D eigenvalue weighted by atomic mass is 16.6. The second kappa shape index (κ2) is 65.5. The molecule has 0 aliphatic carbocycles. The zero-order valence-electron chi connectivity index (χ0n) is 50.8. The third-order valence-electron chi connectivity index (χ3n) is 13.0. The van der Waals surface area contributed by atoms with Crippen molar-refractivity contribution in [3.63, 3.8) is 0 Å². The van der Waals surface area contributed by atoms with Crippen LogP contribution >= 0.6 is 0 Å². The number of unbranched alkanes of at least 4 members (excludes halogenated alkanes) is 19. The van der Waals surface area contributed by atoms with E-state index in [2.05, 4.69) is 179 Å². The first-order valence-corrected chi connectivity index (χ1v) is 32.0. The topological polar surface area (TPSA) is 78.9 Å². The third kappa shape index (κ3) is 63.7. The lowest BCUT2D eigenvalue weighted by Gasteiger charge is -2.18. The van der Waals surface area contributed by atoms with Crippen molar-refractivity contribution in [1.82, 2.24) is 0 Å². The average molecular weight is 1090 g/mol. The van der Waals surface area contributed by atoms with Crippen LogP contribution in [0.25, 0.3) is 0 Å². The van der Waals surface area contributed by atoms with E-state index in [1.807, 2.05) is 0 Å². The van der Waals surface area contributed by atoms with Gasteiger partial charge in [-0.1, -0.05) is 262 Å². The molecule has 0 aliphatic heterocycles. The molecular weight excluding hydrogens is 973 g/mol. The van der Waals surface area contributed by atoms with Gasteiger partial charge in [0.1, 0.15) is 13.2 Å². The van der Waals surface area contributed by atoms with Gasteiger partial charge in [0.2, 0.25) is 0 Å². The Labute approximate surface area is 486 Å². The van der Waals surface area contributed by atoms with Crippen molar-refractivity contribution in [1.29, 1.82) is 0 Å². The second-order valence-electron chi connectivity index (χ2n) is 20.5. The van der Waals surface area contributed by atoms with Gasteiger partial charge in [-0.05, 0) is 141 Å². The summed E-state index contributed by atoms with van der Waals surface area (Å²) in [5.41, 5.74) is 0. The molecule has 0 fully saturated rings. The molecule has 6 heteroatoms. The molecule has 0 aromatic heterocycles. The zero-order valence-corrected chi connectivity index (χ0v) is 50.8. The quantitative estimate of drug-likeness (QED) is 0.0261. The van der Waals surface area contributed by atoms with Crippen molar-refractivity contribution in [2.24, 2.45) is 0 Å². The van der Waals surface area contributed by atoms with Crippen LogP contribution in [0.5, 0.6) is 0 Å². The molecule has 0 aromatic carbocycles. The molecule has 0 bridgehead atoms. The maximum absolute atomic E-state index is 12.9. The van der Waals surface area contributed by atoms with Crippen LogP contribution in [-0.4, -0.2) is 37.2 Å². The number of ether oxygens (including phenoxy) is 3. The van der Waals surface area contributed by atoms with Crippen LogP contribution in [0.4, 0.5) is 0 Å². The molecule has 0 spiro atoms. The summed E-state index contributed by atoms with van der Waals surface area (Å²) in [6.45, 7) is 6.31. The predicted octanol–water partition coefficient (Wildman–Crippen LogP) is 22.1. The van der Waals surface area contributed by atoms with E-state index in [1.165, 1.54) is 38.5 Å². The Morgan fingerprint density at radius 2 is 0.494 bits per heavy atom. The number of carbonyl (C=O) groups excluding carboxylic acids is 3. The number of rotatable bonds is 56. The Kier molecular flexibility index (Phi) is 61.4. The van der Waals surface area contributed by atoms with Gasteiger partial charge in [-0.2, -0.15) is 0 Å². The second-order valence-corrected chi connectivity index (χ2v) is 20.5. The fourth-order valence-electron chi connectivity index (χ4n) is 8.27. The molecule has 0 amide bonds. The normalized spacial score (nSPS) is 13.2. The highest BCUT2D eigenvalue weighted by Crippen LogP contribution is 2.14. The average Bonchev–Trinajstić information content (AvgIpc) is 3.45. The summed E-state index contributed by atoms with van der Waals surface area (Å²) in [6, 6.07) is 0. The molecule has 1 atom stereocenters. The summed E-state index contributed by atoms with van der Waals surface area (Å²) in [5.74, 6) is -0.945. The first-order valence-electron chi connectivity index (χ1n) is 32.0. The Balaban J connectivity index is 4.43. The molecule has 0 heterocycles. The predicted molar refractivity (Wildman–Crippen MR) is 343 cm³/mol. The molecule has 79 heavy (non-hydrogen) atoms. The Bertz CT molecular complexity index is 1780. The summed E-state index contributed by atoms with van der Waals surface area (Å²) < 4.78 is 16.9. The number of hydrogen-bond donors (Lipinski definition) is 0. The summed E-state index contributed by atoms with van der Waals surface area (Å²) in [4.78, 5) is 38.3. The van der Waals surface area contributed by atoms with Crippen LogP contribution in [0.15, 0.2) is 158 Å². The van der Waals surface area contributed by atoms with Gasteiger partial charge in [0.05, 0.1) is 0 Å². The Morgan fingerprint density at radius 1 is 0.266 bits per heavy atom. The van der Waals surface area contributed by atoms with Crippen molar-refractivity contribution in [2.75, 3.05) is 13.2 Å². The van der Waals surface area contributed by atoms with Gasteiger partial charge in [-0.25, -0.2) is 0 Å². The lowest BCUT2D eigenvalue weighted by atomic mass is 10.1. The van der Waals surface area contributed by atoms with E-state index in [0.717, 1.165) is 186 Å². The zero-order chi connectivity index (χ0) is 57.1. The van der Waals surface area contributed by atoms with E-state index in [-0.39, 0.29) is 31.1 Å². The third-order valence-corrected chi connectivity index (χ3v) is 13.0. The van der Waals surface area contributed by atoms with E-state index >= 15 is 0 Å². The first-order chi connectivity index (χ1) is 39.0. The summed E-state index contributed by atoms with van der Waals surface area (Å²) in [7, 11) is 0. The molecule has 0 radical (unpaired) electrons. The van der Waals surface area contributed by atoms with Crippen molar-refractivity contribution in [2.45, 2.75) is 271 Å². The lowest BCUT2D eigenvalue weighted by Crippen LogP contribution is -2.30. The van der Waals surface area contributed by atoms with Gasteiger partial charge >= 0.3 is 17.9 Å². The minimum atomic E-state index is -0.806. The number of allylic oxidation sites excluding steroid dienone is 26. The molecule has 1 unspecified atom stereocenters. The van der Waals surface area contributed by atoms with Crippen molar-refractivity contribution in [3.05, 3.63) is 158 Å². The molecule has 0 saturated heterocycles. The van der Waals surface area contributed by atoms with Crippen LogP contribution in [0, 0.1) is 0 Å². The lowest BCUT2D eigenvalue weighted by molar-refractivity contribution is -0.167. The van der Waals surface area contributed by atoms with Crippen molar-refractivity contribution >= 4 is 17.9 Å². The summed E-state index contributed by atoms with van der Waals surface area (Å²) in [6.07, 6.45) is 95.3. The number of carbonyl (C=O) groups is 3. The van der Waals surface area contributed by atoms with Crippen LogP contribution in [-0.2, 0) is 28.6 Å². The molecule has 0 saturated carbocycles. The van der Waals surface area contributed by atoms with Crippen LogP contribution < -0.4 is 0 Å². The Hall–Kier alpha value is -4.97. The molecule has 6 nitrogen and oxygen atoms in total. The van der Waals surface area contributed by atoms with Crippen LogP contribution in [0.2, 0.25) is 0 Å². The Morgan fingerprint density at radius 3 is 0.772 bits per heavy atom. The highest BCUT2D eigenvalue weighted by molar-refractivity contribution is 5.71. The minimum absolute atomic E-state index is 0.101. The van der Waals surface area contributed by atoms with Gasteiger partial charge in [-0.3, -0.25) is 14.4 Å². The molecule has 0 N–H and O–H groups in total. The SMILES string of the molecule is CC/C=C\C/C=C\C/C=C\C/C=C\C/C=C\C/C=C\C/C=C\CCCCCCCC(=O)OCC(COC(=O)CCCCCCC/C=C\C/C=C\CCC)OC(=O)CCCCCCCCCC/C=C\C/C=C\C/C=C\C/C=C\CC. The number of hydrogen-bond acceptors (Lipinski definition) is 6. The fraction of sp³-hybridized carbons (Fsp3) is 0.603. The van der Waals surface area contributed by atoms with Crippen molar-refractivity contribution in [3.8, 4) is 0 Å². The van der Waals surface area contributed by atoms with Gasteiger partial charge < -0.3 is 14.2 Å². The van der Waals surface area contributed by atoms with E-state index in [0.29, 0.717) is 19.3 Å². The maximum Gasteiger partial charge on any atom is 0.306 e. The van der Waals surface area contributed by atoms with Gasteiger partial charge in [0.25, 0.3) is 0 Å². The van der Waals surface area contributed by atoms with Crippen LogP contribution in [0.1, 0.15) is 265 Å². The van der Waals surface area contributed by atoms with E-state index in [9.17, 15) is 14.4 Å².